The molecule has 2 amide bonds. The summed E-state index contributed by atoms with van der Waals surface area (Å²) in [7, 11) is 0. The molecule has 6 N–H and O–H groups in total. The van der Waals surface area contributed by atoms with Gasteiger partial charge < -0.3 is 31.2 Å². The lowest BCUT2D eigenvalue weighted by Crippen LogP contribution is -2.67. The van der Waals surface area contributed by atoms with Crippen LogP contribution in [0.1, 0.15) is 41.5 Å². The number of carbonyl (C=O) groups is 2. The summed E-state index contributed by atoms with van der Waals surface area (Å²) in [6, 6.07) is 0. The molecule has 0 saturated carbocycles. The monoisotopic (exact) mass is 320 g/mol. The zero-order valence-corrected chi connectivity index (χ0v) is 14.0. The van der Waals surface area contributed by atoms with Crippen LogP contribution in [0.25, 0.3) is 0 Å². The van der Waals surface area contributed by atoms with Crippen LogP contribution in [0.5, 0.6) is 0 Å². The fourth-order valence-electron chi connectivity index (χ4n) is 3.07. The summed E-state index contributed by atoms with van der Waals surface area (Å²) < 4.78 is 9.82. The predicted molar refractivity (Wildman–Crippen MR) is 79.9 cm³/mol. The van der Waals surface area contributed by atoms with E-state index in [1.54, 1.807) is 41.5 Å². The molecule has 0 fully saturated rings. The molecule has 2 unspecified atom stereocenters. The van der Waals surface area contributed by atoms with E-state index in [1.807, 2.05) is 0 Å². The summed E-state index contributed by atoms with van der Waals surface area (Å²) in [4.78, 5) is 22.1. The summed E-state index contributed by atoms with van der Waals surface area (Å²) >= 11 is 0. The van der Waals surface area contributed by atoms with Crippen LogP contribution in [-0.2, 0) is 9.47 Å². The van der Waals surface area contributed by atoms with Crippen molar-refractivity contribution in [3.05, 3.63) is 0 Å². The molecule has 0 radical (unpaired) electrons. The van der Waals surface area contributed by atoms with Crippen LogP contribution >= 0.6 is 0 Å². The van der Waals surface area contributed by atoms with Gasteiger partial charge >= 0.3 is 12.2 Å². The molecule has 8 nitrogen and oxygen atoms in total. The quantitative estimate of drug-likeness (QED) is 0.587. The molecule has 0 spiro atoms. The molecular weight excluding hydrogens is 292 g/mol. The smallest absolute Gasteiger partial charge is 0.405 e. The highest BCUT2D eigenvalue weighted by atomic mass is 16.6. The summed E-state index contributed by atoms with van der Waals surface area (Å²) in [5.41, 5.74) is 6.91. The van der Waals surface area contributed by atoms with Crippen molar-refractivity contribution >= 4 is 12.2 Å². The average molecular weight is 320 g/mol. The van der Waals surface area contributed by atoms with Crippen LogP contribution in [0.15, 0.2) is 0 Å². The molecule has 0 aromatic heterocycles. The van der Waals surface area contributed by atoms with Gasteiger partial charge in [-0.25, -0.2) is 9.59 Å². The highest BCUT2D eigenvalue weighted by Gasteiger charge is 2.60. The molecule has 0 aliphatic heterocycles. The molecule has 0 aliphatic carbocycles. The number of ether oxygens (including phenoxy) is 2. The van der Waals surface area contributed by atoms with Gasteiger partial charge in [-0.05, 0) is 0 Å². The standard InChI is InChI=1S/C14H28N2O6/c1-12(2,3)14(13(4,5)6,22-11(16)20)9(18)8(17)7-21-10(15)19/h8-9,17-18H,7H2,1-6H3,(H2,15,19)(H2,16,20). The molecular formula is C14H28N2O6. The molecule has 0 rings (SSSR count). The maximum absolute atomic E-state index is 11.4. The number of nitrogens with two attached hydrogens (primary N) is 2. The minimum absolute atomic E-state index is 0.535. The Bertz CT molecular complexity index is 397. The Morgan fingerprint density at radius 2 is 1.36 bits per heavy atom. The average Bonchev–Trinajstić information content (AvgIpc) is 2.28. The molecule has 0 aromatic rings. The van der Waals surface area contributed by atoms with E-state index < -0.39 is 47.4 Å². The Morgan fingerprint density at radius 1 is 0.955 bits per heavy atom. The lowest BCUT2D eigenvalue weighted by Gasteiger charge is -2.55. The number of rotatable bonds is 5. The lowest BCUT2D eigenvalue weighted by atomic mass is 9.59. The Morgan fingerprint density at radius 3 is 1.64 bits per heavy atom. The van der Waals surface area contributed by atoms with Crippen LogP contribution in [0, 0.1) is 10.8 Å². The van der Waals surface area contributed by atoms with E-state index in [0.29, 0.717) is 0 Å². The van der Waals surface area contributed by atoms with Crippen molar-refractivity contribution in [2.75, 3.05) is 6.61 Å². The van der Waals surface area contributed by atoms with E-state index in [4.69, 9.17) is 16.2 Å². The van der Waals surface area contributed by atoms with Crippen molar-refractivity contribution in [1.29, 1.82) is 0 Å². The Labute approximate surface area is 130 Å². The van der Waals surface area contributed by atoms with Crippen LogP contribution in [0.3, 0.4) is 0 Å². The van der Waals surface area contributed by atoms with Crippen LogP contribution < -0.4 is 11.5 Å². The van der Waals surface area contributed by atoms with Crippen molar-refractivity contribution in [3.63, 3.8) is 0 Å². The third-order valence-electron chi connectivity index (χ3n) is 3.67. The fourth-order valence-corrected chi connectivity index (χ4v) is 3.07. The van der Waals surface area contributed by atoms with Crippen molar-refractivity contribution in [1.82, 2.24) is 0 Å². The van der Waals surface area contributed by atoms with Gasteiger partial charge in [0.05, 0.1) is 0 Å². The zero-order chi connectivity index (χ0) is 17.9. The first kappa shape index (κ1) is 20.5. The van der Waals surface area contributed by atoms with Gasteiger partial charge in [-0.2, -0.15) is 0 Å². The van der Waals surface area contributed by atoms with E-state index in [-0.39, 0.29) is 0 Å². The largest absolute Gasteiger partial charge is 0.447 e. The minimum atomic E-state index is -1.56. The number of amides is 2. The lowest BCUT2D eigenvalue weighted by molar-refractivity contribution is -0.227. The van der Waals surface area contributed by atoms with Crippen molar-refractivity contribution < 1.29 is 29.3 Å². The van der Waals surface area contributed by atoms with Gasteiger partial charge in [0.25, 0.3) is 0 Å². The van der Waals surface area contributed by atoms with Crippen molar-refractivity contribution in [2.24, 2.45) is 22.3 Å². The Balaban J connectivity index is 5.83. The first-order chi connectivity index (χ1) is 9.66. The van der Waals surface area contributed by atoms with Crippen LogP contribution in [-0.4, -0.2) is 46.8 Å². The summed E-state index contributed by atoms with van der Waals surface area (Å²) in [5, 5.41) is 20.8. The van der Waals surface area contributed by atoms with Crippen molar-refractivity contribution in [2.45, 2.75) is 59.4 Å². The normalized spacial score (nSPS) is 15.8. The molecule has 0 bridgehead atoms. The first-order valence-electron chi connectivity index (χ1n) is 6.93. The summed E-state index contributed by atoms with van der Waals surface area (Å²) in [5.74, 6) is 0. The van der Waals surface area contributed by atoms with Crippen LogP contribution in [0.4, 0.5) is 9.59 Å². The Kier molecular flexibility index (Phi) is 6.23. The third kappa shape index (κ3) is 4.23. The molecule has 0 aromatic carbocycles. The second kappa shape index (κ2) is 6.70. The SMILES string of the molecule is CC(C)(C)C(OC(N)=O)(C(O)C(O)COC(N)=O)C(C)(C)C. The summed E-state index contributed by atoms with van der Waals surface area (Å²) in [6.45, 7) is 9.92. The van der Waals surface area contributed by atoms with E-state index in [2.05, 4.69) is 4.74 Å². The molecule has 0 heterocycles. The number of aliphatic hydroxyl groups excluding tert-OH is 2. The van der Waals surface area contributed by atoms with Gasteiger partial charge in [0.1, 0.15) is 18.8 Å². The number of hydrogen-bond donors (Lipinski definition) is 4. The van der Waals surface area contributed by atoms with E-state index in [9.17, 15) is 19.8 Å². The molecule has 22 heavy (non-hydrogen) atoms. The highest BCUT2D eigenvalue weighted by molar-refractivity contribution is 5.65. The number of carbonyl (C=O) groups excluding carboxylic acids is 2. The first-order valence-corrected chi connectivity index (χ1v) is 6.93. The van der Waals surface area contributed by atoms with Gasteiger partial charge in [0.2, 0.25) is 0 Å². The Hall–Kier alpha value is -1.54. The topological polar surface area (TPSA) is 145 Å². The molecule has 0 aliphatic rings. The second-order valence-electron chi connectivity index (χ2n) is 7.30. The van der Waals surface area contributed by atoms with Gasteiger partial charge in [-0.15, -0.1) is 0 Å². The minimum Gasteiger partial charge on any atom is -0.447 e. The zero-order valence-electron chi connectivity index (χ0n) is 14.0. The molecule has 130 valence electrons. The van der Waals surface area contributed by atoms with Gasteiger partial charge in [-0.3, -0.25) is 0 Å². The fraction of sp³-hybridized carbons (Fsp3) is 0.857. The third-order valence-corrected chi connectivity index (χ3v) is 3.67. The number of aliphatic hydroxyl groups is 2. The summed E-state index contributed by atoms with van der Waals surface area (Å²) in [6.07, 6.45) is -5.23. The molecule has 2 atom stereocenters. The highest BCUT2D eigenvalue weighted by Crippen LogP contribution is 2.50. The van der Waals surface area contributed by atoms with Gasteiger partial charge in [0, 0.05) is 10.8 Å². The molecule has 0 saturated heterocycles. The maximum Gasteiger partial charge on any atom is 0.405 e. The molecule has 8 heteroatoms. The maximum atomic E-state index is 11.4. The van der Waals surface area contributed by atoms with E-state index in [1.165, 1.54) is 0 Å². The van der Waals surface area contributed by atoms with Gasteiger partial charge in [0.15, 0.2) is 5.60 Å². The van der Waals surface area contributed by atoms with Gasteiger partial charge in [-0.1, -0.05) is 41.5 Å². The number of primary amides is 2. The van der Waals surface area contributed by atoms with Crippen molar-refractivity contribution in [3.8, 4) is 0 Å². The predicted octanol–water partition coefficient (Wildman–Crippen LogP) is 0.730. The van der Waals surface area contributed by atoms with Crippen LogP contribution in [0.2, 0.25) is 0 Å². The van der Waals surface area contributed by atoms with E-state index in [0.717, 1.165) is 0 Å². The van der Waals surface area contributed by atoms with E-state index >= 15 is 0 Å². The second-order valence-corrected chi connectivity index (χ2v) is 7.30. The number of hydrogen-bond acceptors (Lipinski definition) is 6.